The third-order valence-corrected chi connectivity index (χ3v) is 17.4. The summed E-state index contributed by atoms with van der Waals surface area (Å²) < 4.78 is 95.1. The summed E-state index contributed by atoms with van der Waals surface area (Å²) in [5, 5.41) is 65.8. The predicted octanol–water partition coefficient (Wildman–Crippen LogP) is 8.30. The van der Waals surface area contributed by atoms with Crippen molar-refractivity contribution in [3.63, 3.8) is 0 Å². The molecule has 3 aromatic carbocycles. The zero-order valence-corrected chi connectivity index (χ0v) is 58.8. The van der Waals surface area contributed by atoms with Crippen LogP contribution < -0.4 is 60.0 Å². The van der Waals surface area contributed by atoms with Crippen LogP contribution in [0.4, 0.5) is 13.2 Å². The standard InChI is InChI=1S/C25H24BFN2O7.2C25H24BFN2O6/c1-14-17(7-15-8-21(33-2)25(36-26(31)32)22(9-15)34-3)19-10-23(27)28-13-20(19)18(14)11-24(30)29-12-16-5-4-6-35-16;1-14-18(11-23(30)28-13-17-5-4-6-35-17)20-10-16(27)12-29-25(20)19(14)7-15-8-21(33-2)24(26(31)32)22(9-15)34-3;1-14-17(7-15-8-21(33-2)25(26(31)32)22(9-15)34-3)20-13-28-23(27)10-19(20)18(14)11-24(30)29-12-16-5-4-6-35-16/h4-10,13,31-32H,11-12H2,1-3H3,(H,29,30);4-10,12,31-32H,11,13H2,1-3H3,(H,28,30);4-10,13,31-32H,11-12H2,1-3H3,(H,29,30)/b17-7-;19-7-;17-7-. The second-order valence-electron chi connectivity index (χ2n) is 23.9. The number of rotatable bonds is 25. The summed E-state index contributed by atoms with van der Waals surface area (Å²) in [6.45, 7) is 6.32. The minimum absolute atomic E-state index is 0.0143. The highest BCUT2D eigenvalue weighted by Crippen LogP contribution is 2.48. The summed E-state index contributed by atoms with van der Waals surface area (Å²) in [6, 6.07) is 24.3. The van der Waals surface area contributed by atoms with Crippen LogP contribution in [-0.4, -0.2) is 127 Å². The van der Waals surface area contributed by atoms with E-state index in [4.69, 9.17) is 46.3 Å². The Morgan fingerprint density at radius 3 is 1.19 bits per heavy atom. The Balaban J connectivity index is 0.000000170. The number of amides is 3. The number of halogens is 3. The predicted molar refractivity (Wildman–Crippen MR) is 389 cm³/mol. The van der Waals surface area contributed by atoms with Crippen LogP contribution in [0.2, 0.25) is 0 Å². The summed E-state index contributed by atoms with van der Waals surface area (Å²) in [5.41, 5.74) is 12.3. The van der Waals surface area contributed by atoms with Gasteiger partial charge in [-0.05, 0) is 190 Å². The van der Waals surface area contributed by atoms with Gasteiger partial charge >= 0.3 is 21.6 Å². The fourth-order valence-corrected chi connectivity index (χ4v) is 12.3. The molecule has 106 heavy (non-hydrogen) atoms. The number of methoxy groups -OCH3 is 6. The topological polar surface area (TPSA) is 351 Å². The molecule has 0 fully saturated rings. The zero-order chi connectivity index (χ0) is 76.0. The van der Waals surface area contributed by atoms with E-state index in [-0.39, 0.29) is 108 Å². The highest BCUT2D eigenvalue weighted by Gasteiger charge is 2.33. The van der Waals surface area contributed by atoms with E-state index in [0.29, 0.717) is 89.8 Å². The van der Waals surface area contributed by atoms with Gasteiger partial charge < -0.3 is 92.4 Å². The van der Waals surface area contributed by atoms with E-state index in [1.807, 2.05) is 32.9 Å². The van der Waals surface area contributed by atoms with E-state index in [0.717, 1.165) is 34.1 Å². The van der Waals surface area contributed by atoms with Crippen molar-refractivity contribution in [2.24, 2.45) is 0 Å². The van der Waals surface area contributed by atoms with E-state index in [1.54, 1.807) is 78.9 Å². The molecule has 3 aliphatic carbocycles. The van der Waals surface area contributed by atoms with Crippen molar-refractivity contribution >= 4 is 102 Å². The highest BCUT2D eigenvalue weighted by molar-refractivity contribution is 6.61. The number of carbonyl (C=O) groups is 3. The Morgan fingerprint density at radius 2 is 0.802 bits per heavy atom. The van der Waals surface area contributed by atoms with Gasteiger partial charge in [-0.15, -0.1) is 0 Å². The number of hydrogen-bond acceptors (Lipinski definition) is 22. The van der Waals surface area contributed by atoms with Crippen LogP contribution in [-0.2, 0) is 34.0 Å². The first kappa shape index (κ1) is 76.8. The molecule has 9 aromatic rings. The van der Waals surface area contributed by atoms with Crippen LogP contribution in [0.3, 0.4) is 0 Å². The van der Waals surface area contributed by atoms with Crippen LogP contribution >= 0.6 is 0 Å². The number of ether oxygens (including phenoxy) is 6. The lowest BCUT2D eigenvalue weighted by Gasteiger charge is -2.15. The SMILES string of the molecule is COc1cc(/C=C2/C(C)=C(CC(=O)NCc3ccco3)c3cc(F)cnc32)cc(OC)c1B(O)O.COc1cc(/C=C2/C(C)=C(CC(=O)NCc3ccco3)c3cc(F)ncc32)cc(OC)c1B(O)O.COc1cc(/C=C2/C(C)=C(CC(=O)NCc3ccco3)c3cnc(F)cc32)cc(OC)c1OB(O)O. The minimum Gasteiger partial charge on any atom is -0.506 e. The van der Waals surface area contributed by atoms with Crippen molar-refractivity contribution in [2.45, 2.75) is 59.7 Å². The molecule has 0 bridgehead atoms. The third-order valence-electron chi connectivity index (χ3n) is 17.4. The molecule has 25 nitrogen and oxygen atoms in total. The molecular formula is C75H72B3F3N6O19. The minimum atomic E-state index is -2.07. The number of fused-ring (bicyclic) bond motifs is 3. The molecule has 546 valence electrons. The number of hydrogen-bond donors (Lipinski definition) is 9. The van der Waals surface area contributed by atoms with Gasteiger partial charge in [-0.2, -0.15) is 8.78 Å². The summed E-state index contributed by atoms with van der Waals surface area (Å²) in [6.07, 6.45) is 14.2. The Kier molecular flexibility index (Phi) is 25.1. The molecule has 0 aliphatic heterocycles. The molecule has 31 heteroatoms. The van der Waals surface area contributed by atoms with Gasteiger partial charge in [-0.25, -0.2) is 14.4 Å². The van der Waals surface area contributed by atoms with Crippen LogP contribution in [0, 0.1) is 17.7 Å². The Labute approximate surface area is 607 Å². The summed E-state index contributed by atoms with van der Waals surface area (Å²) >= 11 is 0. The highest BCUT2D eigenvalue weighted by atomic mass is 19.1. The maximum atomic E-state index is 14.1. The smallest absolute Gasteiger partial charge is 0.506 e. The zero-order valence-electron chi connectivity index (χ0n) is 58.8. The molecule has 12 rings (SSSR count). The van der Waals surface area contributed by atoms with Crippen molar-refractivity contribution in [1.29, 1.82) is 0 Å². The van der Waals surface area contributed by atoms with Gasteiger partial charge in [0.1, 0.15) is 46.1 Å². The quantitative estimate of drug-likeness (QED) is 0.0192. The summed E-state index contributed by atoms with van der Waals surface area (Å²) in [7, 11) is 2.83. The number of benzene rings is 3. The lowest BCUT2D eigenvalue weighted by molar-refractivity contribution is -0.121. The first-order valence-electron chi connectivity index (χ1n) is 32.6. The average molecular weight is 1450 g/mol. The molecule has 0 saturated carbocycles. The van der Waals surface area contributed by atoms with Crippen molar-refractivity contribution in [2.75, 3.05) is 42.7 Å². The number of nitrogens with one attached hydrogen (secondary N) is 3. The number of aromatic nitrogens is 3. The normalized spacial score (nSPS) is 13.7. The van der Waals surface area contributed by atoms with Crippen molar-refractivity contribution in [1.82, 2.24) is 30.9 Å². The molecule has 3 aliphatic rings. The number of pyridine rings is 3. The fraction of sp³-hybridized carbons (Fsp3) is 0.200. The number of nitrogens with zero attached hydrogens (tertiary/aromatic N) is 3. The van der Waals surface area contributed by atoms with E-state index < -0.39 is 39.3 Å². The van der Waals surface area contributed by atoms with Gasteiger partial charge in [0.2, 0.25) is 29.6 Å². The fourth-order valence-electron chi connectivity index (χ4n) is 12.3. The van der Waals surface area contributed by atoms with Crippen molar-refractivity contribution in [3.8, 4) is 40.2 Å². The molecular weight excluding hydrogens is 1380 g/mol. The van der Waals surface area contributed by atoms with E-state index in [1.165, 1.54) is 92.0 Å². The molecule has 6 aromatic heterocycles. The molecule has 9 N–H and O–H groups in total. The summed E-state index contributed by atoms with van der Waals surface area (Å²) in [4.78, 5) is 49.9. The molecule has 3 amide bonds. The van der Waals surface area contributed by atoms with Gasteiger partial charge in [0.05, 0.1) is 123 Å². The largest absolute Gasteiger partial charge is 0.707 e. The van der Waals surface area contributed by atoms with Crippen LogP contribution in [0.5, 0.6) is 40.2 Å². The van der Waals surface area contributed by atoms with Crippen LogP contribution in [0.1, 0.15) is 108 Å². The maximum Gasteiger partial charge on any atom is 0.707 e. The monoisotopic (exact) mass is 1450 g/mol. The Bertz CT molecular complexity index is 4660. The number of carbonyl (C=O) groups excluding carboxylic acids is 3. The first-order valence-corrected chi connectivity index (χ1v) is 32.6. The Hall–Kier alpha value is -11.9. The maximum absolute atomic E-state index is 14.1. The van der Waals surface area contributed by atoms with Gasteiger partial charge in [-0.1, -0.05) is 0 Å². The van der Waals surface area contributed by atoms with Gasteiger partial charge in [0, 0.05) is 46.8 Å². The van der Waals surface area contributed by atoms with Crippen LogP contribution in [0.15, 0.2) is 158 Å². The van der Waals surface area contributed by atoms with E-state index in [9.17, 15) is 57.7 Å². The lowest BCUT2D eigenvalue weighted by Crippen LogP contribution is -2.32. The van der Waals surface area contributed by atoms with E-state index in [2.05, 4.69) is 30.9 Å². The molecule has 0 unspecified atom stereocenters. The van der Waals surface area contributed by atoms with E-state index >= 15 is 0 Å². The van der Waals surface area contributed by atoms with Gasteiger partial charge in [-0.3, -0.25) is 19.4 Å². The second-order valence-corrected chi connectivity index (χ2v) is 23.9. The van der Waals surface area contributed by atoms with Crippen molar-refractivity contribution < 1.29 is 104 Å². The van der Waals surface area contributed by atoms with Crippen LogP contribution in [0.25, 0.3) is 51.7 Å². The lowest BCUT2D eigenvalue weighted by atomic mass is 9.78. The molecule has 0 atom stereocenters. The number of furan rings is 3. The first-order chi connectivity index (χ1) is 50.9. The second kappa shape index (κ2) is 34.6. The van der Waals surface area contributed by atoms with Gasteiger partial charge in [0.25, 0.3) is 0 Å². The average Bonchev–Trinajstić information content (AvgIpc) is 1.64. The summed E-state index contributed by atoms with van der Waals surface area (Å²) in [5.74, 6) is 0.766. The number of allylic oxidation sites excluding steroid dienone is 6. The van der Waals surface area contributed by atoms with Gasteiger partial charge in [0.15, 0.2) is 17.2 Å². The molecule has 0 saturated heterocycles. The molecule has 0 radical (unpaired) electrons. The molecule has 6 heterocycles. The Morgan fingerprint density at radius 1 is 0.443 bits per heavy atom. The molecule has 0 spiro atoms. The third kappa shape index (κ3) is 17.8. The van der Waals surface area contributed by atoms with Crippen molar-refractivity contribution in [3.05, 3.63) is 230 Å².